The molecule has 0 bridgehead atoms. The number of carbonyl (C=O) groups excluding carboxylic acids is 1. The molecule has 22 heavy (non-hydrogen) atoms. The SMILES string of the molecule is O=C(NCCc1ccn(-c2ccc(F)cc2)n1)C1CSCN1. The summed E-state index contributed by atoms with van der Waals surface area (Å²) in [6, 6.07) is 7.99. The largest absolute Gasteiger partial charge is 0.354 e. The first-order valence-electron chi connectivity index (χ1n) is 7.12. The zero-order valence-corrected chi connectivity index (χ0v) is 12.8. The summed E-state index contributed by atoms with van der Waals surface area (Å²) in [5.74, 6) is 1.44. The maximum Gasteiger partial charge on any atom is 0.238 e. The number of benzene rings is 1. The predicted molar refractivity (Wildman–Crippen MR) is 84.5 cm³/mol. The maximum absolute atomic E-state index is 12.9. The van der Waals surface area contributed by atoms with Crippen LogP contribution in [0.3, 0.4) is 0 Å². The highest BCUT2D eigenvalue weighted by Gasteiger charge is 2.21. The molecule has 1 aromatic heterocycles. The van der Waals surface area contributed by atoms with Crippen molar-refractivity contribution in [3.8, 4) is 5.69 Å². The number of thioether (sulfide) groups is 1. The molecule has 2 aromatic rings. The monoisotopic (exact) mass is 320 g/mol. The van der Waals surface area contributed by atoms with Gasteiger partial charge in [-0.2, -0.15) is 5.10 Å². The van der Waals surface area contributed by atoms with Gasteiger partial charge in [0, 0.05) is 30.8 Å². The van der Waals surface area contributed by atoms with Gasteiger partial charge in [0.25, 0.3) is 0 Å². The second-order valence-corrected chi connectivity index (χ2v) is 6.07. The van der Waals surface area contributed by atoms with Crippen LogP contribution in [0.4, 0.5) is 4.39 Å². The van der Waals surface area contributed by atoms with E-state index in [0.717, 1.165) is 23.0 Å². The van der Waals surface area contributed by atoms with Crippen LogP contribution < -0.4 is 10.6 Å². The summed E-state index contributed by atoms with van der Waals surface area (Å²) in [5, 5.41) is 10.5. The van der Waals surface area contributed by atoms with Crippen molar-refractivity contribution in [1.82, 2.24) is 20.4 Å². The van der Waals surface area contributed by atoms with E-state index in [1.165, 1.54) is 12.1 Å². The average molecular weight is 320 g/mol. The van der Waals surface area contributed by atoms with E-state index >= 15 is 0 Å². The van der Waals surface area contributed by atoms with Crippen molar-refractivity contribution in [2.24, 2.45) is 0 Å². The number of halogens is 1. The van der Waals surface area contributed by atoms with Crippen LogP contribution >= 0.6 is 11.8 Å². The predicted octanol–water partition coefficient (Wildman–Crippen LogP) is 1.33. The molecule has 1 atom stereocenters. The first-order chi connectivity index (χ1) is 10.7. The fourth-order valence-electron chi connectivity index (χ4n) is 2.23. The Balaban J connectivity index is 1.51. The molecule has 0 radical (unpaired) electrons. The molecule has 0 spiro atoms. The lowest BCUT2D eigenvalue weighted by atomic mass is 10.3. The first-order valence-corrected chi connectivity index (χ1v) is 8.27. The Morgan fingerprint density at radius 2 is 2.23 bits per heavy atom. The molecule has 1 amide bonds. The standard InChI is InChI=1S/C15H17FN4OS/c16-11-1-3-13(4-2-11)20-8-6-12(19-20)5-7-17-15(21)14-9-22-10-18-14/h1-4,6,8,14,18H,5,7,9-10H2,(H,17,21). The van der Waals surface area contributed by atoms with Crippen molar-refractivity contribution >= 4 is 17.7 Å². The highest BCUT2D eigenvalue weighted by Crippen LogP contribution is 2.10. The summed E-state index contributed by atoms with van der Waals surface area (Å²) in [5.41, 5.74) is 1.70. The quantitative estimate of drug-likeness (QED) is 0.873. The summed E-state index contributed by atoms with van der Waals surface area (Å²) in [7, 11) is 0. The molecule has 1 aliphatic rings. The number of nitrogens with zero attached hydrogens (tertiary/aromatic N) is 2. The molecular weight excluding hydrogens is 303 g/mol. The van der Waals surface area contributed by atoms with Crippen molar-refractivity contribution in [2.45, 2.75) is 12.5 Å². The molecule has 0 aliphatic carbocycles. The Bertz CT molecular complexity index is 637. The van der Waals surface area contributed by atoms with Crippen LogP contribution in [0.25, 0.3) is 5.69 Å². The van der Waals surface area contributed by atoms with Gasteiger partial charge in [-0.25, -0.2) is 9.07 Å². The Labute approximate surface area is 132 Å². The van der Waals surface area contributed by atoms with Crippen molar-refractivity contribution < 1.29 is 9.18 Å². The van der Waals surface area contributed by atoms with E-state index in [1.54, 1.807) is 28.6 Å². The van der Waals surface area contributed by atoms with Crippen LogP contribution in [0, 0.1) is 5.82 Å². The fourth-order valence-corrected chi connectivity index (χ4v) is 3.18. The highest BCUT2D eigenvalue weighted by molar-refractivity contribution is 7.99. The third kappa shape index (κ3) is 3.66. The van der Waals surface area contributed by atoms with E-state index in [2.05, 4.69) is 15.7 Å². The fraction of sp³-hybridized carbons (Fsp3) is 0.333. The molecular formula is C15H17FN4OS. The van der Waals surface area contributed by atoms with Gasteiger partial charge in [-0.05, 0) is 30.3 Å². The molecule has 0 saturated carbocycles. The van der Waals surface area contributed by atoms with Crippen LogP contribution in [-0.4, -0.2) is 39.9 Å². The summed E-state index contributed by atoms with van der Waals surface area (Å²) in [6.45, 7) is 0.558. The minimum absolute atomic E-state index is 0.0444. The van der Waals surface area contributed by atoms with Crippen LogP contribution in [0.5, 0.6) is 0 Å². The van der Waals surface area contributed by atoms with Crippen molar-refractivity contribution in [3.05, 3.63) is 48.0 Å². The minimum atomic E-state index is -0.266. The lowest BCUT2D eigenvalue weighted by molar-refractivity contribution is -0.122. The van der Waals surface area contributed by atoms with E-state index < -0.39 is 0 Å². The van der Waals surface area contributed by atoms with Crippen LogP contribution in [0.2, 0.25) is 0 Å². The summed E-state index contributed by atoms with van der Waals surface area (Å²) >= 11 is 1.73. The molecule has 116 valence electrons. The van der Waals surface area contributed by atoms with Gasteiger partial charge in [0.15, 0.2) is 0 Å². The maximum atomic E-state index is 12.9. The number of aromatic nitrogens is 2. The molecule has 2 N–H and O–H groups in total. The van der Waals surface area contributed by atoms with Gasteiger partial charge < -0.3 is 5.32 Å². The minimum Gasteiger partial charge on any atom is -0.354 e. The smallest absolute Gasteiger partial charge is 0.238 e. The Hall–Kier alpha value is -1.86. The number of nitrogens with one attached hydrogen (secondary N) is 2. The van der Waals surface area contributed by atoms with E-state index in [-0.39, 0.29) is 17.8 Å². The molecule has 1 unspecified atom stereocenters. The molecule has 3 rings (SSSR count). The van der Waals surface area contributed by atoms with E-state index in [1.807, 2.05) is 12.3 Å². The molecule has 7 heteroatoms. The van der Waals surface area contributed by atoms with E-state index in [4.69, 9.17) is 0 Å². The van der Waals surface area contributed by atoms with Crippen molar-refractivity contribution in [3.63, 3.8) is 0 Å². The van der Waals surface area contributed by atoms with Crippen LogP contribution in [0.1, 0.15) is 5.69 Å². The molecule has 2 heterocycles. The van der Waals surface area contributed by atoms with Gasteiger partial charge >= 0.3 is 0 Å². The third-order valence-electron chi connectivity index (χ3n) is 3.45. The molecule has 1 aromatic carbocycles. The van der Waals surface area contributed by atoms with Gasteiger partial charge in [-0.3, -0.25) is 10.1 Å². The Morgan fingerprint density at radius 1 is 1.41 bits per heavy atom. The van der Waals surface area contributed by atoms with Crippen molar-refractivity contribution in [1.29, 1.82) is 0 Å². The number of carbonyl (C=O) groups is 1. The molecule has 1 fully saturated rings. The van der Waals surface area contributed by atoms with Crippen LogP contribution in [-0.2, 0) is 11.2 Å². The number of rotatable bonds is 5. The normalized spacial score (nSPS) is 17.6. The molecule has 5 nitrogen and oxygen atoms in total. The number of amides is 1. The molecule has 1 aliphatic heterocycles. The lowest BCUT2D eigenvalue weighted by Crippen LogP contribution is -2.42. The summed E-state index contributed by atoms with van der Waals surface area (Å²) in [6.07, 6.45) is 2.50. The Kier molecular flexibility index (Phi) is 4.74. The van der Waals surface area contributed by atoms with E-state index in [9.17, 15) is 9.18 Å². The first kappa shape index (κ1) is 15.1. The Morgan fingerprint density at radius 3 is 2.95 bits per heavy atom. The average Bonchev–Trinajstić information content (AvgIpc) is 3.19. The third-order valence-corrected chi connectivity index (χ3v) is 4.39. The van der Waals surface area contributed by atoms with Crippen LogP contribution in [0.15, 0.2) is 36.5 Å². The zero-order chi connectivity index (χ0) is 15.4. The number of hydrogen-bond acceptors (Lipinski definition) is 4. The topological polar surface area (TPSA) is 59.0 Å². The summed E-state index contributed by atoms with van der Waals surface area (Å²) in [4.78, 5) is 11.8. The lowest BCUT2D eigenvalue weighted by Gasteiger charge is -2.09. The second-order valence-electron chi connectivity index (χ2n) is 5.04. The van der Waals surface area contributed by atoms with Gasteiger partial charge in [0.2, 0.25) is 5.91 Å². The molecule has 1 saturated heterocycles. The highest BCUT2D eigenvalue weighted by atomic mass is 32.2. The number of hydrogen-bond donors (Lipinski definition) is 2. The van der Waals surface area contributed by atoms with E-state index in [0.29, 0.717) is 13.0 Å². The van der Waals surface area contributed by atoms with Gasteiger partial charge in [0.05, 0.1) is 17.4 Å². The van der Waals surface area contributed by atoms with Gasteiger partial charge in [0.1, 0.15) is 5.82 Å². The van der Waals surface area contributed by atoms with Crippen molar-refractivity contribution in [2.75, 3.05) is 18.2 Å². The summed E-state index contributed by atoms with van der Waals surface area (Å²) < 4.78 is 14.6. The second kappa shape index (κ2) is 6.93. The van der Waals surface area contributed by atoms with Gasteiger partial charge in [-0.15, -0.1) is 11.8 Å². The zero-order valence-electron chi connectivity index (χ0n) is 12.0. The van der Waals surface area contributed by atoms with Gasteiger partial charge in [-0.1, -0.05) is 0 Å².